The molecule has 0 spiro atoms. The van der Waals surface area contributed by atoms with E-state index in [1.54, 1.807) is 0 Å². The summed E-state index contributed by atoms with van der Waals surface area (Å²) in [6.45, 7) is 10.4. The Hall–Kier alpha value is -0.340. The molecule has 18 heavy (non-hydrogen) atoms. The molecule has 2 fully saturated rings. The maximum atomic E-state index is 3.83. The Balaban J connectivity index is 1.61. The largest absolute Gasteiger partial charge is 0.311 e. The van der Waals surface area contributed by atoms with Crippen molar-refractivity contribution in [2.45, 2.75) is 65.0 Å². The predicted molar refractivity (Wildman–Crippen MR) is 78.8 cm³/mol. The summed E-state index contributed by atoms with van der Waals surface area (Å²) in [6, 6.07) is 1.49. The molecule has 2 nitrogen and oxygen atoms in total. The van der Waals surface area contributed by atoms with Gasteiger partial charge < -0.3 is 5.32 Å². The average Bonchev–Trinajstić information content (AvgIpc) is 3.12. The number of piperidine rings is 1. The molecule has 0 amide bonds. The van der Waals surface area contributed by atoms with Gasteiger partial charge in [0.05, 0.1) is 0 Å². The van der Waals surface area contributed by atoms with Gasteiger partial charge in [0.25, 0.3) is 0 Å². The zero-order valence-electron chi connectivity index (χ0n) is 12.4. The topological polar surface area (TPSA) is 15.3 Å². The van der Waals surface area contributed by atoms with Crippen LogP contribution in [0.5, 0.6) is 0 Å². The summed E-state index contributed by atoms with van der Waals surface area (Å²) in [5, 5.41) is 3.83. The Morgan fingerprint density at radius 2 is 1.89 bits per heavy atom. The molecule has 1 N–H and O–H groups in total. The molecule has 0 aromatic carbocycles. The van der Waals surface area contributed by atoms with Crippen LogP contribution in [0, 0.1) is 5.92 Å². The first-order valence-corrected chi connectivity index (χ1v) is 7.75. The van der Waals surface area contributed by atoms with Gasteiger partial charge in [-0.25, -0.2) is 0 Å². The van der Waals surface area contributed by atoms with E-state index in [4.69, 9.17) is 0 Å². The maximum Gasteiger partial charge on any atom is 0.0165 e. The fourth-order valence-corrected chi connectivity index (χ4v) is 2.92. The third-order valence-electron chi connectivity index (χ3n) is 4.25. The highest BCUT2D eigenvalue weighted by Crippen LogP contribution is 2.33. The van der Waals surface area contributed by atoms with Gasteiger partial charge in [0.15, 0.2) is 0 Å². The molecule has 1 aliphatic heterocycles. The SMILES string of the molecule is CC(C)=CCN1CCC(NC(C)CC2CC2)CC1. The Bertz CT molecular complexity index is 269. The smallest absolute Gasteiger partial charge is 0.0165 e. The van der Waals surface area contributed by atoms with Crippen LogP contribution in [0.25, 0.3) is 0 Å². The summed E-state index contributed by atoms with van der Waals surface area (Å²) < 4.78 is 0. The first kappa shape index (κ1) is 14.1. The molecule has 2 rings (SSSR count). The molecule has 1 aliphatic carbocycles. The van der Waals surface area contributed by atoms with Crippen molar-refractivity contribution >= 4 is 0 Å². The van der Waals surface area contributed by atoms with Crippen molar-refractivity contribution < 1.29 is 0 Å². The van der Waals surface area contributed by atoms with E-state index in [2.05, 4.69) is 37.1 Å². The van der Waals surface area contributed by atoms with E-state index in [-0.39, 0.29) is 0 Å². The van der Waals surface area contributed by atoms with Gasteiger partial charge in [-0.2, -0.15) is 0 Å². The Labute approximate surface area is 113 Å². The van der Waals surface area contributed by atoms with E-state index in [1.807, 2.05) is 0 Å². The second-order valence-corrected chi connectivity index (χ2v) is 6.60. The highest BCUT2D eigenvalue weighted by Gasteiger charge is 2.25. The molecule has 104 valence electrons. The van der Waals surface area contributed by atoms with Crippen molar-refractivity contribution in [3.05, 3.63) is 11.6 Å². The van der Waals surface area contributed by atoms with Gasteiger partial charge in [-0.1, -0.05) is 24.5 Å². The second-order valence-electron chi connectivity index (χ2n) is 6.60. The van der Waals surface area contributed by atoms with E-state index in [1.165, 1.54) is 50.8 Å². The second kappa shape index (κ2) is 6.72. The summed E-state index contributed by atoms with van der Waals surface area (Å²) in [5.41, 5.74) is 1.44. The minimum atomic E-state index is 0.729. The molecule has 0 aromatic rings. The van der Waals surface area contributed by atoms with Crippen LogP contribution in [0.4, 0.5) is 0 Å². The van der Waals surface area contributed by atoms with E-state index in [0.717, 1.165) is 24.5 Å². The highest BCUT2D eigenvalue weighted by molar-refractivity contribution is 4.95. The van der Waals surface area contributed by atoms with Crippen molar-refractivity contribution in [3.8, 4) is 0 Å². The van der Waals surface area contributed by atoms with Crippen LogP contribution in [0.1, 0.15) is 52.9 Å². The Morgan fingerprint density at radius 1 is 1.22 bits per heavy atom. The normalized spacial score (nSPS) is 23.9. The van der Waals surface area contributed by atoms with Gasteiger partial charge in [0.2, 0.25) is 0 Å². The van der Waals surface area contributed by atoms with Gasteiger partial charge in [0.1, 0.15) is 0 Å². The lowest BCUT2D eigenvalue weighted by Gasteiger charge is -2.33. The molecule has 1 atom stereocenters. The van der Waals surface area contributed by atoms with E-state index in [9.17, 15) is 0 Å². The fraction of sp³-hybridized carbons (Fsp3) is 0.875. The number of hydrogen-bond acceptors (Lipinski definition) is 2. The number of rotatable bonds is 6. The molecule has 1 saturated carbocycles. The Morgan fingerprint density at radius 3 is 2.44 bits per heavy atom. The van der Waals surface area contributed by atoms with E-state index < -0.39 is 0 Å². The van der Waals surface area contributed by atoms with Gasteiger partial charge >= 0.3 is 0 Å². The number of allylic oxidation sites excluding steroid dienone is 1. The highest BCUT2D eigenvalue weighted by atomic mass is 15.1. The van der Waals surface area contributed by atoms with E-state index >= 15 is 0 Å². The first-order valence-electron chi connectivity index (χ1n) is 7.75. The molecule has 1 heterocycles. The van der Waals surface area contributed by atoms with Crippen molar-refractivity contribution in [2.24, 2.45) is 5.92 Å². The van der Waals surface area contributed by atoms with Gasteiger partial charge in [0, 0.05) is 18.6 Å². The van der Waals surface area contributed by atoms with Crippen molar-refractivity contribution in [1.82, 2.24) is 10.2 Å². The van der Waals surface area contributed by atoms with Crippen molar-refractivity contribution in [3.63, 3.8) is 0 Å². The lowest BCUT2D eigenvalue weighted by atomic mass is 10.0. The molecule has 2 heteroatoms. The molecule has 0 radical (unpaired) electrons. The predicted octanol–water partition coefficient (Wildman–Crippen LogP) is 3.20. The van der Waals surface area contributed by atoms with Crippen LogP contribution in [0.2, 0.25) is 0 Å². The minimum Gasteiger partial charge on any atom is -0.311 e. The molecule has 0 aromatic heterocycles. The summed E-state index contributed by atoms with van der Waals surface area (Å²) in [5.74, 6) is 1.05. The Kier molecular flexibility index (Phi) is 5.25. The average molecular weight is 250 g/mol. The van der Waals surface area contributed by atoms with E-state index in [0.29, 0.717) is 0 Å². The molecule has 1 unspecified atom stereocenters. The molecule has 2 aliphatic rings. The lowest BCUT2D eigenvalue weighted by Crippen LogP contribution is -2.45. The number of likely N-dealkylation sites (tertiary alicyclic amines) is 1. The lowest BCUT2D eigenvalue weighted by molar-refractivity contribution is 0.206. The van der Waals surface area contributed by atoms with Gasteiger partial charge in [-0.15, -0.1) is 0 Å². The van der Waals surface area contributed by atoms with Crippen LogP contribution in [0.15, 0.2) is 11.6 Å². The molecular weight excluding hydrogens is 220 g/mol. The quantitative estimate of drug-likeness (QED) is 0.728. The zero-order valence-corrected chi connectivity index (χ0v) is 12.4. The molecule has 0 bridgehead atoms. The van der Waals surface area contributed by atoms with Crippen molar-refractivity contribution in [2.75, 3.05) is 19.6 Å². The van der Waals surface area contributed by atoms with Crippen LogP contribution in [-0.2, 0) is 0 Å². The monoisotopic (exact) mass is 250 g/mol. The summed E-state index contributed by atoms with van der Waals surface area (Å²) in [7, 11) is 0. The standard InChI is InChI=1S/C16H30N2/c1-13(2)6-9-18-10-7-16(8-11-18)17-14(3)12-15-4-5-15/h6,14-17H,4-5,7-12H2,1-3H3. The van der Waals surface area contributed by atoms with Crippen LogP contribution < -0.4 is 5.32 Å². The number of nitrogens with one attached hydrogen (secondary N) is 1. The maximum absolute atomic E-state index is 3.83. The molecular formula is C16H30N2. The summed E-state index contributed by atoms with van der Waals surface area (Å²) >= 11 is 0. The van der Waals surface area contributed by atoms with Crippen LogP contribution in [-0.4, -0.2) is 36.6 Å². The third-order valence-corrected chi connectivity index (χ3v) is 4.25. The number of hydrogen-bond donors (Lipinski definition) is 1. The first-order chi connectivity index (χ1) is 8.63. The summed E-state index contributed by atoms with van der Waals surface area (Å²) in [4.78, 5) is 2.58. The van der Waals surface area contributed by atoms with Crippen molar-refractivity contribution in [1.29, 1.82) is 0 Å². The molecule has 1 saturated heterocycles. The number of nitrogens with zero attached hydrogens (tertiary/aromatic N) is 1. The van der Waals surface area contributed by atoms with Gasteiger partial charge in [-0.05, 0) is 59.0 Å². The zero-order chi connectivity index (χ0) is 13.0. The van der Waals surface area contributed by atoms with Crippen LogP contribution in [0.3, 0.4) is 0 Å². The minimum absolute atomic E-state index is 0.729. The van der Waals surface area contributed by atoms with Crippen LogP contribution >= 0.6 is 0 Å². The third kappa shape index (κ3) is 5.11. The fourth-order valence-electron chi connectivity index (χ4n) is 2.92. The van der Waals surface area contributed by atoms with Gasteiger partial charge in [-0.3, -0.25) is 4.90 Å². The summed E-state index contributed by atoms with van der Waals surface area (Å²) in [6.07, 6.45) is 9.36.